The predicted octanol–water partition coefficient (Wildman–Crippen LogP) is 1.68. The van der Waals surface area contributed by atoms with Crippen LogP contribution in [-0.4, -0.2) is 30.0 Å². The standard InChI is InChI=1S/C13H13FN6/c1-10-9-11(3-4-12(10)14)13-16-18-20(17-13)8-7-19-6-2-5-15-19/h2-6,9H,7-8H2,1H3. The Kier molecular flexibility index (Phi) is 3.24. The van der Waals surface area contributed by atoms with Crippen molar-refractivity contribution >= 4 is 0 Å². The number of rotatable bonds is 4. The van der Waals surface area contributed by atoms with E-state index in [1.165, 1.54) is 10.9 Å². The van der Waals surface area contributed by atoms with Crippen LogP contribution < -0.4 is 0 Å². The highest BCUT2D eigenvalue weighted by molar-refractivity contribution is 5.54. The Morgan fingerprint density at radius 1 is 1.25 bits per heavy atom. The van der Waals surface area contributed by atoms with Gasteiger partial charge in [0.25, 0.3) is 0 Å². The van der Waals surface area contributed by atoms with Crippen LogP contribution in [0.1, 0.15) is 5.56 Å². The summed E-state index contributed by atoms with van der Waals surface area (Å²) in [6.07, 6.45) is 3.60. The first-order valence-corrected chi connectivity index (χ1v) is 6.24. The molecule has 0 fully saturated rings. The van der Waals surface area contributed by atoms with Crippen molar-refractivity contribution in [2.45, 2.75) is 20.0 Å². The van der Waals surface area contributed by atoms with E-state index in [-0.39, 0.29) is 5.82 Å². The van der Waals surface area contributed by atoms with Gasteiger partial charge in [0.05, 0.1) is 13.1 Å². The summed E-state index contributed by atoms with van der Waals surface area (Å²) >= 11 is 0. The van der Waals surface area contributed by atoms with Gasteiger partial charge >= 0.3 is 0 Å². The fourth-order valence-electron chi connectivity index (χ4n) is 1.86. The molecule has 2 aromatic heterocycles. The molecule has 3 aromatic rings. The average Bonchev–Trinajstić information content (AvgIpc) is 3.10. The van der Waals surface area contributed by atoms with E-state index in [2.05, 4.69) is 20.5 Å². The normalized spacial score (nSPS) is 10.9. The van der Waals surface area contributed by atoms with Gasteiger partial charge in [0.15, 0.2) is 0 Å². The summed E-state index contributed by atoms with van der Waals surface area (Å²) in [7, 11) is 0. The molecule has 3 rings (SSSR count). The number of hydrogen-bond acceptors (Lipinski definition) is 4. The lowest BCUT2D eigenvalue weighted by Gasteiger charge is -2.00. The van der Waals surface area contributed by atoms with E-state index in [1.807, 2.05) is 12.3 Å². The number of aromatic nitrogens is 6. The molecule has 0 radical (unpaired) electrons. The van der Waals surface area contributed by atoms with Gasteiger partial charge in [0.1, 0.15) is 5.82 Å². The van der Waals surface area contributed by atoms with Crippen molar-refractivity contribution < 1.29 is 4.39 Å². The minimum absolute atomic E-state index is 0.236. The van der Waals surface area contributed by atoms with Crippen molar-refractivity contribution in [2.24, 2.45) is 0 Å². The molecule has 0 saturated heterocycles. The Labute approximate surface area is 114 Å². The molecule has 0 aliphatic carbocycles. The smallest absolute Gasteiger partial charge is 0.204 e. The van der Waals surface area contributed by atoms with Gasteiger partial charge < -0.3 is 0 Å². The summed E-state index contributed by atoms with van der Waals surface area (Å²) in [5, 5.41) is 16.4. The summed E-state index contributed by atoms with van der Waals surface area (Å²) in [6.45, 7) is 2.96. The molecule has 20 heavy (non-hydrogen) atoms. The third-order valence-corrected chi connectivity index (χ3v) is 2.96. The number of nitrogens with zero attached hydrogens (tertiary/aromatic N) is 6. The fraction of sp³-hybridized carbons (Fsp3) is 0.231. The average molecular weight is 272 g/mol. The van der Waals surface area contributed by atoms with Crippen molar-refractivity contribution in [3.05, 3.63) is 48.0 Å². The van der Waals surface area contributed by atoms with E-state index >= 15 is 0 Å². The van der Waals surface area contributed by atoms with Gasteiger partial charge in [-0.2, -0.15) is 9.90 Å². The largest absolute Gasteiger partial charge is 0.271 e. The van der Waals surface area contributed by atoms with E-state index in [0.29, 0.717) is 24.5 Å². The second-order valence-electron chi connectivity index (χ2n) is 4.44. The van der Waals surface area contributed by atoms with Crippen LogP contribution in [-0.2, 0) is 13.1 Å². The molecule has 1 aromatic carbocycles. The van der Waals surface area contributed by atoms with Crippen molar-refractivity contribution in [3.63, 3.8) is 0 Å². The van der Waals surface area contributed by atoms with Crippen LogP contribution in [0, 0.1) is 12.7 Å². The van der Waals surface area contributed by atoms with Crippen molar-refractivity contribution in [1.82, 2.24) is 30.0 Å². The monoisotopic (exact) mass is 272 g/mol. The van der Waals surface area contributed by atoms with Gasteiger partial charge in [-0.1, -0.05) is 0 Å². The lowest BCUT2D eigenvalue weighted by molar-refractivity contribution is 0.450. The molecular formula is C13H13FN6. The molecule has 0 aliphatic heterocycles. The SMILES string of the molecule is Cc1cc(-c2nnn(CCn3cccn3)n2)ccc1F. The molecule has 0 bridgehead atoms. The Hall–Kier alpha value is -2.57. The van der Waals surface area contributed by atoms with Crippen molar-refractivity contribution in [3.8, 4) is 11.4 Å². The van der Waals surface area contributed by atoms with E-state index in [0.717, 1.165) is 5.56 Å². The Morgan fingerprint density at radius 3 is 2.90 bits per heavy atom. The zero-order valence-electron chi connectivity index (χ0n) is 10.9. The molecule has 0 unspecified atom stereocenters. The molecule has 2 heterocycles. The number of tetrazole rings is 1. The highest BCUT2D eigenvalue weighted by atomic mass is 19.1. The maximum absolute atomic E-state index is 13.2. The van der Waals surface area contributed by atoms with E-state index in [1.54, 1.807) is 29.9 Å². The first-order chi connectivity index (χ1) is 9.72. The number of hydrogen-bond donors (Lipinski definition) is 0. The van der Waals surface area contributed by atoms with E-state index in [9.17, 15) is 4.39 Å². The van der Waals surface area contributed by atoms with Crippen LogP contribution in [0.15, 0.2) is 36.7 Å². The number of aryl methyl sites for hydroxylation is 3. The molecule has 0 spiro atoms. The zero-order valence-corrected chi connectivity index (χ0v) is 10.9. The van der Waals surface area contributed by atoms with Gasteiger partial charge in [-0.25, -0.2) is 4.39 Å². The lowest BCUT2D eigenvalue weighted by atomic mass is 10.1. The Balaban J connectivity index is 1.74. The van der Waals surface area contributed by atoms with Crippen LogP contribution in [0.2, 0.25) is 0 Å². The van der Waals surface area contributed by atoms with Crippen LogP contribution in [0.5, 0.6) is 0 Å². The van der Waals surface area contributed by atoms with Gasteiger partial charge in [0.2, 0.25) is 5.82 Å². The number of benzene rings is 1. The highest BCUT2D eigenvalue weighted by Gasteiger charge is 2.08. The number of halogens is 1. The van der Waals surface area contributed by atoms with Crippen LogP contribution in [0.3, 0.4) is 0 Å². The van der Waals surface area contributed by atoms with Gasteiger partial charge in [0, 0.05) is 18.0 Å². The lowest BCUT2D eigenvalue weighted by Crippen LogP contribution is -2.10. The Morgan fingerprint density at radius 2 is 2.15 bits per heavy atom. The van der Waals surface area contributed by atoms with Crippen LogP contribution in [0.4, 0.5) is 4.39 Å². The second kappa shape index (κ2) is 5.20. The minimum Gasteiger partial charge on any atom is -0.271 e. The first kappa shape index (κ1) is 12.5. The van der Waals surface area contributed by atoms with Gasteiger partial charge in [-0.3, -0.25) is 4.68 Å². The van der Waals surface area contributed by atoms with Crippen LogP contribution >= 0.6 is 0 Å². The maximum atomic E-state index is 13.2. The van der Waals surface area contributed by atoms with Crippen molar-refractivity contribution in [1.29, 1.82) is 0 Å². The molecule has 0 N–H and O–H groups in total. The molecule has 0 atom stereocenters. The van der Waals surface area contributed by atoms with Gasteiger partial charge in [-0.15, -0.1) is 10.2 Å². The first-order valence-electron chi connectivity index (χ1n) is 6.24. The Bertz CT molecular complexity index is 703. The van der Waals surface area contributed by atoms with E-state index in [4.69, 9.17) is 0 Å². The molecule has 0 amide bonds. The summed E-state index contributed by atoms with van der Waals surface area (Å²) in [6, 6.07) is 6.64. The molecule has 102 valence electrons. The van der Waals surface area contributed by atoms with E-state index < -0.39 is 0 Å². The quantitative estimate of drug-likeness (QED) is 0.725. The predicted molar refractivity (Wildman–Crippen MR) is 70.2 cm³/mol. The topological polar surface area (TPSA) is 61.4 Å². The molecule has 6 nitrogen and oxygen atoms in total. The third kappa shape index (κ3) is 2.56. The second-order valence-corrected chi connectivity index (χ2v) is 4.44. The molecule has 0 saturated carbocycles. The third-order valence-electron chi connectivity index (χ3n) is 2.96. The summed E-state index contributed by atoms with van der Waals surface area (Å²) < 4.78 is 15.0. The summed E-state index contributed by atoms with van der Waals surface area (Å²) in [4.78, 5) is 1.51. The summed E-state index contributed by atoms with van der Waals surface area (Å²) in [5.41, 5.74) is 1.32. The maximum Gasteiger partial charge on any atom is 0.204 e. The molecule has 7 heteroatoms. The molecule has 0 aliphatic rings. The highest BCUT2D eigenvalue weighted by Crippen LogP contribution is 2.17. The van der Waals surface area contributed by atoms with Crippen molar-refractivity contribution in [2.75, 3.05) is 0 Å². The van der Waals surface area contributed by atoms with Gasteiger partial charge in [-0.05, 0) is 42.0 Å². The minimum atomic E-state index is -0.236. The summed E-state index contributed by atoms with van der Waals surface area (Å²) in [5.74, 6) is 0.258. The zero-order chi connectivity index (χ0) is 13.9. The molecular weight excluding hydrogens is 259 g/mol. The van der Waals surface area contributed by atoms with Crippen LogP contribution in [0.25, 0.3) is 11.4 Å². The fourth-order valence-corrected chi connectivity index (χ4v) is 1.86.